The highest BCUT2D eigenvalue weighted by atomic mass is 35.5. The molecule has 20 heavy (non-hydrogen) atoms. The Balaban J connectivity index is 2.26. The number of rotatable bonds is 2. The molecule has 1 saturated carbocycles. The maximum Gasteiger partial charge on any atom is 0.339 e. The molecule has 0 aliphatic heterocycles. The Kier molecular flexibility index (Phi) is 2.90. The number of aliphatic carboxylic acids is 1. The summed E-state index contributed by atoms with van der Waals surface area (Å²) in [5, 5.41) is 8.63. The molecule has 0 spiro atoms. The van der Waals surface area contributed by atoms with Gasteiger partial charge in [0.15, 0.2) is 17.4 Å². The standard InChI is InChI=1S/C14H9ClF2O3/c15-11-10-6(5-1-2-5)3-8(14(19)20)13(18)7(10)4-9(16)12(11)17/h3-6H,1-2H2,(H,19,20)/t6-/m1/s1. The summed E-state index contributed by atoms with van der Waals surface area (Å²) in [6.07, 6.45) is 3.00. The molecule has 2 aliphatic carbocycles. The maximum atomic E-state index is 13.6. The Hall–Kier alpha value is -1.75. The van der Waals surface area contributed by atoms with E-state index in [0.717, 1.165) is 18.9 Å². The number of carboxylic acids is 1. The van der Waals surface area contributed by atoms with Crippen LogP contribution < -0.4 is 0 Å². The highest BCUT2D eigenvalue weighted by molar-refractivity contribution is 6.33. The van der Waals surface area contributed by atoms with Crippen molar-refractivity contribution in [1.29, 1.82) is 0 Å². The van der Waals surface area contributed by atoms with Gasteiger partial charge in [0.25, 0.3) is 0 Å². The third-order valence-electron chi connectivity index (χ3n) is 3.73. The summed E-state index contributed by atoms with van der Waals surface area (Å²) >= 11 is 5.83. The number of benzene rings is 1. The number of fused-ring (bicyclic) bond motifs is 1. The number of allylic oxidation sites excluding steroid dienone is 1. The van der Waals surface area contributed by atoms with E-state index in [1.54, 1.807) is 0 Å². The van der Waals surface area contributed by atoms with Crippen molar-refractivity contribution >= 4 is 23.4 Å². The highest BCUT2D eigenvalue weighted by Gasteiger charge is 2.41. The highest BCUT2D eigenvalue weighted by Crippen LogP contribution is 2.49. The van der Waals surface area contributed by atoms with Crippen LogP contribution in [0.2, 0.25) is 5.02 Å². The molecule has 0 heterocycles. The van der Waals surface area contributed by atoms with Crippen molar-refractivity contribution in [2.45, 2.75) is 18.8 Å². The van der Waals surface area contributed by atoms with E-state index in [2.05, 4.69) is 0 Å². The zero-order valence-corrected chi connectivity index (χ0v) is 10.9. The third-order valence-corrected chi connectivity index (χ3v) is 4.10. The molecule has 0 aromatic heterocycles. The van der Waals surface area contributed by atoms with Gasteiger partial charge in [0.1, 0.15) is 5.57 Å². The molecule has 2 aliphatic rings. The Morgan fingerprint density at radius 3 is 2.55 bits per heavy atom. The molecule has 0 bridgehead atoms. The molecular weight excluding hydrogens is 290 g/mol. The summed E-state index contributed by atoms with van der Waals surface area (Å²) in [5.41, 5.74) is -0.342. The topological polar surface area (TPSA) is 54.4 Å². The second-order valence-corrected chi connectivity index (χ2v) is 5.40. The van der Waals surface area contributed by atoms with Gasteiger partial charge < -0.3 is 5.11 Å². The quantitative estimate of drug-likeness (QED) is 0.673. The minimum atomic E-state index is -1.37. The summed E-state index contributed by atoms with van der Waals surface area (Å²) in [5.74, 6) is -4.97. The third kappa shape index (κ3) is 1.85. The lowest BCUT2D eigenvalue weighted by atomic mass is 9.80. The largest absolute Gasteiger partial charge is 0.478 e. The molecular formula is C14H9ClF2O3. The molecule has 1 atom stereocenters. The van der Waals surface area contributed by atoms with Gasteiger partial charge >= 0.3 is 5.97 Å². The van der Waals surface area contributed by atoms with Crippen LogP contribution in [0.4, 0.5) is 8.78 Å². The number of hydrogen-bond acceptors (Lipinski definition) is 2. The lowest BCUT2D eigenvalue weighted by Gasteiger charge is -2.24. The molecule has 0 radical (unpaired) electrons. The normalized spacial score (nSPS) is 21.4. The first-order valence-corrected chi connectivity index (χ1v) is 6.46. The van der Waals surface area contributed by atoms with Gasteiger partial charge in [-0.25, -0.2) is 13.6 Å². The van der Waals surface area contributed by atoms with Gasteiger partial charge in [-0.2, -0.15) is 0 Å². The summed E-state index contributed by atoms with van der Waals surface area (Å²) in [6, 6.07) is 0.740. The predicted molar refractivity (Wildman–Crippen MR) is 66.9 cm³/mol. The van der Waals surface area contributed by atoms with Crippen molar-refractivity contribution in [1.82, 2.24) is 0 Å². The summed E-state index contributed by atoms with van der Waals surface area (Å²) in [7, 11) is 0. The number of carbonyl (C=O) groups excluding carboxylic acids is 1. The summed E-state index contributed by atoms with van der Waals surface area (Å²) in [6.45, 7) is 0. The van der Waals surface area contributed by atoms with Crippen LogP contribution in [0.5, 0.6) is 0 Å². The number of Topliss-reactive ketones (excluding diaryl/α,β-unsaturated/α-hetero) is 1. The SMILES string of the molecule is O=C(O)C1=C[C@H](C2CC2)c2c(cc(F)c(F)c2Cl)C1=O. The fourth-order valence-corrected chi connectivity index (χ4v) is 2.92. The van der Waals surface area contributed by atoms with Crippen LogP contribution in [0.3, 0.4) is 0 Å². The molecule has 104 valence electrons. The van der Waals surface area contributed by atoms with Crippen LogP contribution in [0.15, 0.2) is 17.7 Å². The number of carboxylic acid groups (broad SMARTS) is 1. The Morgan fingerprint density at radius 2 is 2.00 bits per heavy atom. The van der Waals surface area contributed by atoms with Gasteiger partial charge in [-0.3, -0.25) is 4.79 Å². The van der Waals surface area contributed by atoms with Crippen LogP contribution in [0.25, 0.3) is 0 Å². The number of halogens is 3. The van der Waals surface area contributed by atoms with E-state index in [4.69, 9.17) is 16.7 Å². The maximum absolute atomic E-state index is 13.6. The lowest BCUT2D eigenvalue weighted by molar-refractivity contribution is -0.132. The average molecular weight is 299 g/mol. The fraction of sp³-hybridized carbons (Fsp3) is 0.286. The van der Waals surface area contributed by atoms with E-state index in [1.165, 1.54) is 6.08 Å². The molecule has 1 fully saturated rings. The fourth-order valence-electron chi connectivity index (χ4n) is 2.60. The summed E-state index contributed by atoms with van der Waals surface area (Å²) in [4.78, 5) is 23.2. The van der Waals surface area contributed by atoms with Crippen molar-refractivity contribution in [2.24, 2.45) is 5.92 Å². The van der Waals surface area contributed by atoms with Crippen molar-refractivity contribution in [3.63, 3.8) is 0 Å². The zero-order valence-electron chi connectivity index (χ0n) is 10.1. The van der Waals surface area contributed by atoms with Crippen LogP contribution in [0.1, 0.15) is 34.7 Å². The Morgan fingerprint density at radius 1 is 1.35 bits per heavy atom. The second-order valence-electron chi connectivity index (χ2n) is 5.03. The van der Waals surface area contributed by atoms with Gasteiger partial charge in [0.2, 0.25) is 0 Å². The Bertz CT molecular complexity index is 677. The number of carbonyl (C=O) groups is 2. The van der Waals surface area contributed by atoms with Gasteiger partial charge in [0.05, 0.1) is 5.02 Å². The molecule has 0 unspecified atom stereocenters. The van der Waals surface area contributed by atoms with Gasteiger partial charge in [-0.15, -0.1) is 0 Å². The van der Waals surface area contributed by atoms with Crippen molar-refractivity contribution in [2.75, 3.05) is 0 Å². The molecule has 3 nitrogen and oxygen atoms in total. The minimum Gasteiger partial charge on any atom is -0.478 e. The minimum absolute atomic E-state index is 0.124. The monoisotopic (exact) mass is 298 g/mol. The second kappa shape index (κ2) is 4.38. The molecule has 1 aromatic rings. The average Bonchev–Trinajstić information content (AvgIpc) is 3.21. The summed E-state index contributed by atoms with van der Waals surface area (Å²) < 4.78 is 27.0. The zero-order chi connectivity index (χ0) is 14.6. The molecule has 3 rings (SSSR count). The van der Waals surface area contributed by atoms with Crippen LogP contribution >= 0.6 is 11.6 Å². The lowest BCUT2D eigenvalue weighted by Crippen LogP contribution is -2.23. The molecule has 0 amide bonds. The number of ketones is 1. The first-order valence-electron chi connectivity index (χ1n) is 6.09. The predicted octanol–water partition coefficient (Wildman–Crippen LogP) is 3.32. The van der Waals surface area contributed by atoms with Crippen LogP contribution in [0, 0.1) is 17.6 Å². The molecule has 0 saturated heterocycles. The number of hydrogen-bond donors (Lipinski definition) is 1. The van der Waals surface area contributed by atoms with Crippen LogP contribution in [-0.4, -0.2) is 16.9 Å². The van der Waals surface area contributed by atoms with E-state index in [1.807, 2.05) is 0 Å². The molecule has 1 aromatic carbocycles. The van der Waals surface area contributed by atoms with E-state index in [-0.39, 0.29) is 17.0 Å². The molecule has 6 heteroatoms. The first-order chi connectivity index (χ1) is 9.41. The van der Waals surface area contributed by atoms with Crippen molar-refractivity contribution < 1.29 is 23.5 Å². The van der Waals surface area contributed by atoms with Crippen molar-refractivity contribution in [3.05, 3.63) is 45.5 Å². The van der Waals surface area contributed by atoms with E-state index >= 15 is 0 Å². The van der Waals surface area contributed by atoms with Gasteiger partial charge in [0, 0.05) is 11.5 Å². The first kappa shape index (κ1) is 13.2. The van der Waals surface area contributed by atoms with Crippen LogP contribution in [-0.2, 0) is 4.79 Å². The Labute approximate surface area is 117 Å². The van der Waals surface area contributed by atoms with Gasteiger partial charge in [-0.05, 0) is 30.4 Å². The molecule has 1 N–H and O–H groups in total. The van der Waals surface area contributed by atoms with E-state index in [9.17, 15) is 18.4 Å². The smallest absolute Gasteiger partial charge is 0.339 e. The van der Waals surface area contributed by atoms with Crippen molar-refractivity contribution in [3.8, 4) is 0 Å². The van der Waals surface area contributed by atoms with E-state index in [0.29, 0.717) is 0 Å². The van der Waals surface area contributed by atoms with E-state index < -0.39 is 39.9 Å². The van der Waals surface area contributed by atoms with Gasteiger partial charge in [-0.1, -0.05) is 17.7 Å².